The predicted octanol–water partition coefficient (Wildman–Crippen LogP) is 5.02. The number of fused-ring (bicyclic) bond motifs is 1. The smallest absolute Gasteiger partial charge is 0.258 e. The van der Waals surface area contributed by atoms with Crippen molar-refractivity contribution in [1.29, 1.82) is 0 Å². The molecule has 2 aromatic rings. The van der Waals surface area contributed by atoms with Crippen molar-refractivity contribution in [2.24, 2.45) is 0 Å². The van der Waals surface area contributed by atoms with Crippen molar-refractivity contribution in [1.82, 2.24) is 4.90 Å². The molecular formula is C22H28N2O2. The zero-order chi connectivity index (χ0) is 18.6. The van der Waals surface area contributed by atoms with E-state index < -0.39 is 5.66 Å². The van der Waals surface area contributed by atoms with Crippen LogP contribution in [0.1, 0.15) is 56.0 Å². The highest BCUT2D eigenvalue weighted by Crippen LogP contribution is 2.38. The van der Waals surface area contributed by atoms with Crippen molar-refractivity contribution >= 4 is 11.6 Å². The molecule has 26 heavy (non-hydrogen) atoms. The highest BCUT2D eigenvalue weighted by molar-refractivity contribution is 6.02. The van der Waals surface area contributed by atoms with Crippen LogP contribution in [-0.2, 0) is 5.66 Å². The lowest BCUT2D eigenvalue weighted by Gasteiger charge is -2.46. The molecule has 0 spiro atoms. The molecule has 0 radical (unpaired) electrons. The second kappa shape index (κ2) is 7.81. The van der Waals surface area contributed by atoms with E-state index in [-0.39, 0.29) is 5.91 Å². The summed E-state index contributed by atoms with van der Waals surface area (Å²) in [6, 6.07) is 15.8. The van der Waals surface area contributed by atoms with Crippen LogP contribution in [0.5, 0.6) is 5.75 Å². The van der Waals surface area contributed by atoms with Crippen LogP contribution in [0.15, 0.2) is 48.5 Å². The van der Waals surface area contributed by atoms with Gasteiger partial charge in [0, 0.05) is 17.8 Å². The first kappa shape index (κ1) is 18.3. The van der Waals surface area contributed by atoms with Crippen LogP contribution < -0.4 is 10.1 Å². The second-order valence-electron chi connectivity index (χ2n) is 6.93. The Morgan fingerprint density at radius 1 is 1.08 bits per heavy atom. The largest absolute Gasteiger partial charge is 0.494 e. The van der Waals surface area contributed by atoms with Crippen LogP contribution in [0, 0.1) is 0 Å². The Balaban J connectivity index is 1.98. The molecule has 3 rings (SSSR count). The molecule has 0 saturated heterocycles. The molecular weight excluding hydrogens is 324 g/mol. The molecule has 4 nitrogen and oxygen atoms in total. The zero-order valence-corrected chi connectivity index (χ0v) is 15.9. The molecule has 4 heteroatoms. The Morgan fingerprint density at radius 2 is 1.88 bits per heavy atom. The molecule has 1 aliphatic rings. The quantitative estimate of drug-likeness (QED) is 0.712. The van der Waals surface area contributed by atoms with E-state index in [1.807, 2.05) is 47.4 Å². The fourth-order valence-electron chi connectivity index (χ4n) is 3.46. The Kier molecular flexibility index (Phi) is 5.50. The minimum absolute atomic E-state index is 0.0704. The van der Waals surface area contributed by atoms with Gasteiger partial charge in [0.05, 0.1) is 12.2 Å². The molecule has 0 aromatic heterocycles. The number of amides is 1. The van der Waals surface area contributed by atoms with E-state index in [1.165, 1.54) is 0 Å². The van der Waals surface area contributed by atoms with Crippen molar-refractivity contribution in [2.75, 3.05) is 18.5 Å². The third-order valence-corrected chi connectivity index (χ3v) is 4.93. The molecule has 0 aliphatic carbocycles. The van der Waals surface area contributed by atoms with Gasteiger partial charge in [-0.1, -0.05) is 44.5 Å². The van der Waals surface area contributed by atoms with E-state index in [1.54, 1.807) is 0 Å². The van der Waals surface area contributed by atoms with Gasteiger partial charge < -0.3 is 15.0 Å². The van der Waals surface area contributed by atoms with Gasteiger partial charge in [0.2, 0.25) is 0 Å². The Morgan fingerprint density at radius 3 is 2.65 bits per heavy atom. The number of unbranched alkanes of at least 4 members (excludes halogenated alkanes) is 1. The molecule has 1 N–H and O–H groups in total. The van der Waals surface area contributed by atoms with Crippen LogP contribution >= 0.6 is 0 Å². The average molecular weight is 352 g/mol. The minimum atomic E-state index is -0.606. The molecule has 1 unspecified atom stereocenters. The standard InChI is InChI=1S/C22H28N2O2/c1-4-6-15-26-18-11-9-10-17(16-18)22(3)23-20-13-8-7-12-19(20)21(25)24(22)14-5-2/h7-13,16,23H,4-6,14-15H2,1-3H3. The van der Waals surface area contributed by atoms with Crippen LogP contribution in [0.25, 0.3) is 0 Å². The third kappa shape index (κ3) is 3.41. The number of ether oxygens (including phenoxy) is 1. The first-order valence-corrected chi connectivity index (χ1v) is 9.52. The number of carbonyl (C=O) groups is 1. The van der Waals surface area contributed by atoms with Crippen molar-refractivity contribution in [3.8, 4) is 5.75 Å². The fraction of sp³-hybridized carbons (Fsp3) is 0.409. The topological polar surface area (TPSA) is 41.6 Å². The van der Waals surface area contributed by atoms with Gasteiger partial charge in [0.25, 0.3) is 5.91 Å². The van der Waals surface area contributed by atoms with Crippen molar-refractivity contribution in [3.05, 3.63) is 59.7 Å². The van der Waals surface area contributed by atoms with E-state index >= 15 is 0 Å². The van der Waals surface area contributed by atoms with E-state index in [4.69, 9.17) is 4.74 Å². The summed E-state index contributed by atoms with van der Waals surface area (Å²) in [6.45, 7) is 7.72. The number of para-hydroxylation sites is 1. The average Bonchev–Trinajstić information content (AvgIpc) is 2.66. The fourth-order valence-corrected chi connectivity index (χ4v) is 3.46. The predicted molar refractivity (Wildman–Crippen MR) is 106 cm³/mol. The second-order valence-corrected chi connectivity index (χ2v) is 6.93. The normalized spacial score (nSPS) is 19.0. The Bertz CT molecular complexity index is 774. The van der Waals surface area contributed by atoms with Gasteiger partial charge in [-0.05, 0) is 44.0 Å². The number of nitrogens with zero attached hydrogens (tertiary/aromatic N) is 1. The number of benzene rings is 2. The van der Waals surface area contributed by atoms with Crippen LogP contribution in [0.4, 0.5) is 5.69 Å². The SMILES string of the molecule is CCCCOc1cccc(C2(C)Nc3ccccc3C(=O)N2CCC)c1. The van der Waals surface area contributed by atoms with Crippen LogP contribution in [0.2, 0.25) is 0 Å². The van der Waals surface area contributed by atoms with Crippen molar-refractivity contribution in [2.45, 2.75) is 45.7 Å². The number of carbonyl (C=O) groups excluding carboxylic acids is 1. The van der Waals surface area contributed by atoms with Crippen molar-refractivity contribution < 1.29 is 9.53 Å². The van der Waals surface area contributed by atoms with Crippen molar-refractivity contribution in [3.63, 3.8) is 0 Å². The molecule has 0 bridgehead atoms. The van der Waals surface area contributed by atoms with Crippen LogP contribution in [-0.4, -0.2) is 24.0 Å². The lowest BCUT2D eigenvalue weighted by atomic mass is 9.93. The summed E-state index contributed by atoms with van der Waals surface area (Å²) < 4.78 is 5.88. The van der Waals surface area contributed by atoms with Gasteiger partial charge in [-0.25, -0.2) is 0 Å². The van der Waals surface area contributed by atoms with E-state index in [9.17, 15) is 4.79 Å². The molecule has 138 valence electrons. The molecule has 1 aliphatic heterocycles. The summed E-state index contributed by atoms with van der Waals surface area (Å²) in [5, 5.41) is 3.60. The number of nitrogens with one attached hydrogen (secondary N) is 1. The molecule has 1 atom stereocenters. The number of hydrogen-bond donors (Lipinski definition) is 1. The Labute approximate surface area is 156 Å². The molecule has 0 fully saturated rings. The summed E-state index contributed by atoms with van der Waals surface area (Å²) in [5.41, 5.74) is 2.03. The van der Waals surface area contributed by atoms with Gasteiger partial charge >= 0.3 is 0 Å². The van der Waals surface area contributed by atoms with Gasteiger partial charge in [-0.15, -0.1) is 0 Å². The zero-order valence-electron chi connectivity index (χ0n) is 15.9. The lowest BCUT2D eigenvalue weighted by molar-refractivity contribution is 0.0535. The third-order valence-electron chi connectivity index (χ3n) is 4.93. The summed E-state index contributed by atoms with van der Waals surface area (Å²) in [6.07, 6.45) is 3.04. The van der Waals surface area contributed by atoms with Gasteiger partial charge in [-0.2, -0.15) is 0 Å². The monoisotopic (exact) mass is 352 g/mol. The lowest BCUT2D eigenvalue weighted by Crippen LogP contribution is -2.56. The Hall–Kier alpha value is -2.49. The van der Waals surface area contributed by atoms with Gasteiger partial charge in [0.1, 0.15) is 11.4 Å². The maximum absolute atomic E-state index is 13.1. The van der Waals surface area contributed by atoms with E-state index in [0.29, 0.717) is 13.2 Å². The molecule has 1 amide bonds. The summed E-state index contributed by atoms with van der Waals surface area (Å²) >= 11 is 0. The summed E-state index contributed by atoms with van der Waals surface area (Å²) in [7, 11) is 0. The molecule has 1 heterocycles. The minimum Gasteiger partial charge on any atom is -0.494 e. The summed E-state index contributed by atoms with van der Waals surface area (Å²) in [5.74, 6) is 0.919. The van der Waals surface area contributed by atoms with E-state index in [0.717, 1.165) is 41.8 Å². The van der Waals surface area contributed by atoms with Gasteiger partial charge in [0.15, 0.2) is 0 Å². The number of hydrogen-bond acceptors (Lipinski definition) is 3. The molecule has 2 aromatic carbocycles. The highest BCUT2D eigenvalue weighted by Gasteiger charge is 2.42. The maximum atomic E-state index is 13.1. The van der Waals surface area contributed by atoms with Crippen LogP contribution in [0.3, 0.4) is 0 Å². The number of rotatable bonds is 7. The maximum Gasteiger partial charge on any atom is 0.258 e. The first-order valence-electron chi connectivity index (χ1n) is 9.52. The van der Waals surface area contributed by atoms with E-state index in [2.05, 4.69) is 32.2 Å². The first-order chi connectivity index (χ1) is 12.6. The molecule has 0 saturated carbocycles. The highest BCUT2D eigenvalue weighted by atomic mass is 16.5. The number of anilines is 1. The van der Waals surface area contributed by atoms with Gasteiger partial charge in [-0.3, -0.25) is 4.79 Å². The summed E-state index contributed by atoms with van der Waals surface area (Å²) in [4.78, 5) is 15.1.